The number of carbonyl (C=O) groups is 1. The van der Waals surface area contributed by atoms with Gasteiger partial charge < -0.3 is 5.11 Å². The highest BCUT2D eigenvalue weighted by atomic mass is 19.4. The zero-order valence-corrected chi connectivity index (χ0v) is 12.0. The van der Waals surface area contributed by atoms with Crippen LogP contribution in [-0.4, -0.2) is 11.1 Å². The lowest BCUT2D eigenvalue weighted by molar-refractivity contribution is -0.137. The fourth-order valence-electron chi connectivity index (χ4n) is 2.27. The lowest BCUT2D eigenvalue weighted by Crippen LogP contribution is -2.14. The second kappa shape index (κ2) is 5.85. The normalized spacial score (nSPS) is 12.2. The Hall–Kier alpha value is -1.52. The average Bonchev–Trinajstić information content (AvgIpc) is 2.25. The van der Waals surface area contributed by atoms with E-state index in [0.29, 0.717) is 16.7 Å². The topological polar surface area (TPSA) is 37.3 Å². The van der Waals surface area contributed by atoms with Gasteiger partial charge >= 0.3 is 12.1 Å². The molecule has 20 heavy (non-hydrogen) atoms. The van der Waals surface area contributed by atoms with Gasteiger partial charge in [-0.25, -0.2) is 0 Å². The summed E-state index contributed by atoms with van der Waals surface area (Å²) in [6.07, 6.45) is -4.67. The maximum Gasteiger partial charge on any atom is 0.416 e. The fraction of sp³-hybridized carbons (Fsp3) is 0.533. The van der Waals surface area contributed by atoms with Gasteiger partial charge in [-0.05, 0) is 40.7 Å². The van der Waals surface area contributed by atoms with Crippen LogP contribution >= 0.6 is 0 Å². The van der Waals surface area contributed by atoms with Gasteiger partial charge in [-0.1, -0.05) is 27.7 Å². The number of benzene rings is 1. The van der Waals surface area contributed by atoms with Crippen molar-refractivity contribution in [2.45, 2.75) is 52.1 Å². The maximum atomic E-state index is 13.0. The number of aliphatic carboxylic acids is 1. The molecule has 0 aliphatic heterocycles. The number of rotatable bonds is 4. The van der Waals surface area contributed by atoms with Gasteiger partial charge in [0.15, 0.2) is 0 Å². The molecule has 1 aromatic carbocycles. The summed E-state index contributed by atoms with van der Waals surface area (Å²) in [7, 11) is 0. The quantitative estimate of drug-likeness (QED) is 0.880. The van der Waals surface area contributed by atoms with Crippen LogP contribution in [0.2, 0.25) is 0 Å². The number of hydrogen-bond acceptors (Lipinski definition) is 1. The monoisotopic (exact) mass is 288 g/mol. The molecule has 0 amide bonds. The molecule has 0 unspecified atom stereocenters. The molecular weight excluding hydrogens is 269 g/mol. The fourth-order valence-corrected chi connectivity index (χ4v) is 2.27. The van der Waals surface area contributed by atoms with Crippen LogP contribution in [0, 0.1) is 0 Å². The molecule has 0 saturated heterocycles. The average molecular weight is 288 g/mol. The van der Waals surface area contributed by atoms with Gasteiger partial charge in [0.25, 0.3) is 0 Å². The Morgan fingerprint density at radius 1 is 1.10 bits per heavy atom. The molecule has 2 nitrogen and oxygen atoms in total. The molecule has 0 saturated carbocycles. The molecule has 0 aromatic heterocycles. The number of halogens is 3. The number of carboxylic acids is 1. The minimum absolute atomic E-state index is 0.163. The van der Waals surface area contributed by atoms with Crippen LogP contribution in [0.4, 0.5) is 13.2 Å². The zero-order chi connectivity index (χ0) is 15.7. The number of hydrogen-bond donors (Lipinski definition) is 1. The molecule has 0 aliphatic carbocycles. The van der Waals surface area contributed by atoms with Gasteiger partial charge in [0, 0.05) is 0 Å². The van der Waals surface area contributed by atoms with Crippen molar-refractivity contribution in [2.24, 2.45) is 0 Å². The van der Waals surface area contributed by atoms with E-state index < -0.39 is 17.7 Å². The van der Waals surface area contributed by atoms with E-state index >= 15 is 0 Å². The molecule has 112 valence electrons. The largest absolute Gasteiger partial charge is 0.481 e. The predicted octanol–water partition coefficient (Wildman–Crippen LogP) is 4.58. The van der Waals surface area contributed by atoms with Crippen molar-refractivity contribution >= 4 is 5.97 Å². The van der Waals surface area contributed by atoms with Gasteiger partial charge in [-0.2, -0.15) is 13.2 Å². The first-order valence-electron chi connectivity index (χ1n) is 6.49. The van der Waals surface area contributed by atoms with E-state index in [-0.39, 0.29) is 18.3 Å². The van der Waals surface area contributed by atoms with E-state index in [1.54, 1.807) is 27.7 Å². The molecule has 0 radical (unpaired) electrons. The van der Waals surface area contributed by atoms with E-state index in [2.05, 4.69) is 0 Å². The minimum atomic E-state index is -4.42. The molecule has 1 aromatic rings. The van der Waals surface area contributed by atoms with Crippen LogP contribution < -0.4 is 0 Å². The van der Waals surface area contributed by atoms with Crippen LogP contribution in [0.5, 0.6) is 0 Å². The van der Waals surface area contributed by atoms with Crippen molar-refractivity contribution in [2.75, 3.05) is 0 Å². The van der Waals surface area contributed by atoms with Gasteiger partial charge in [-0.15, -0.1) is 0 Å². The summed E-state index contributed by atoms with van der Waals surface area (Å²) in [6, 6.07) is 2.16. The summed E-state index contributed by atoms with van der Waals surface area (Å²) in [6.45, 7) is 7.08. The van der Waals surface area contributed by atoms with Crippen LogP contribution in [-0.2, 0) is 17.4 Å². The Labute approximate surface area is 116 Å². The Bertz CT molecular complexity index is 473. The lowest BCUT2D eigenvalue weighted by atomic mass is 9.85. The molecule has 0 aliphatic rings. The molecule has 5 heteroatoms. The zero-order valence-electron chi connectivity index (χ0n) is 12.0. The first kappa shape index (κ1) is 16.5. The second-order valence-corrected chi connectivity index (χ2v) is 5.51. The summed E-state index contributed by atoms with van der Waals surface area (Å²) >= 11 is 0. The highest BCUT2D eigenvalue weighted by Crippen LogP contribution is 2.36. The number of alkyl halides is 3. The molecule has 0 heterocycles. The van der Waals surface area contributed by atoms with Crippen LogP contribution in [0.15, 0.2) is 12.1 Å². The third kappa shape index (κ3) is 3.74. The Kier molecular flexibility index (Phi) is 4.84. The summed E-state index contributed by atoms with van der Waals surface area (Å²) in [5.74, 6) is -1.36. The van der Waals surface area contributed by atoms with Crippen molar-refractivity contribution in [3.63, 3.8) is 0 Å². The van der Waals surface area contributed by atoms with Crippen LogP contribution in [0.25, 0.3) is 0 Å². The SMILES string of the molecule is CC(C)c1cc(C(F)(F)F)cc(C(C)C)c1CC(=O)O. The van der Waals surface area contributed by atoms with Crippen molar-refractivity contribution in [3.8, 4) is 0 Å². The summed E-state index contributed by atoms with van der Waals surface area (Å²) in [5, 5.41) is 8.99. The smallest absolute Gasteiger partial charge is 0.416 e. The van der Waals surface area contributed by atoms with Gasteiger partial charge in [0.1, 0.15) is 0 Å². The van der Waals surface area contributed by atoms with E-state index in [4.69, 9.17) is 5.11 Å². The maximum absolute atomic E-state index is 13.0. The predicted molar refractivity (Wildman–Crippen MR) is 71.0 cm³/mol. The van der Waals surface area contributed by atoms with E-state index in [0.717, 1.165) is 12.1 Å². The highest BCUT2D eigenvalue weighted by molar-refractivity contribution is 5.72. The summed E-state index contributed by atoms with van der Waals surface area (Å²) in [4.78, 5) is 11.0. The highest BCUT2D eigenvalue weighted by Gasteiger charge is 2.33. The van der Waals surface area contributed by atoms with Crippen molar-refractivity contribution in [1.29, 1.82) is 0 Å². The van der Waals surface area contributed by atoms with Gasteiger partial charge in [-0.3, -0.25) is 4.79 Å². The first-order chi connectivity index (χ1) is 9.04. The van der Waals surface area contributed by atoms with Crippen molar-refractivity contribution in [1.82, 2.24) is 0 Å². The molecule has 0 spiro atoms. The standard InChI is InChI=1S/C15H19F3O2/c1-8(2)11-5-10(15(16,17)18)6-12(9(3)4)13(11)7-14(19)20/h5-6,8-9H,7H2,1-4H3,(H,19,20). The Balaban J connectivity index is 3.59. The molecule has 0 atom stereocenters. The molecule has 1 rings (SSSR count). The molecule has 0 fully saturated rings. The van der Waals surface area contributed by atoms with Crippen molar-refractivity contribution < 1.29 is 23.1 Å². The third-order valence-corrected chi connectivity index (χ3v) is 3.22. The molecule has 0 bridgehead atoms. The van der Waals surface area contributed by atoms with Crippen molar-refractivity contribution in [3.05, 3.63) is 34.4 Å². The van der Waals surface area contributed by atoms with E-state index in [1.165, 1.54) is 0 Å². The Morgan fingerprint density at radius 3 is 1.75 bits per heavy atom. The van der Waals surface area contributed by atoms with Gasteiger partial charge in [0.05, 0.1) is 12.0 Å². The molecule has 1 N–H and O–H groups in total. The minimum Gasteiger partial charge on any atom is -0.481 e. The lowest BCUT2D eigenvalue weighted by Gasteiger charge is -2.21. The Morgan fingerprint density at radius 2 is 1.50 bits per heavy atom. The van der Waals surface area contributed by atoms with E-state index in [1.807, 2.05) is 0 Å². The van der Waals surface area contributed by atoms with E-state index in [9.17, 15) is 18.0 Å². The first-order valence-corrected chi connectivity index (χ1v) is 6.49. The van der Waals surface area contributed by atoms with Crippen LogP contribution in [0.3, 0.4) is 0 Å². The summed E-state index contributed by atoms with van der Waals surface area (Å²) in [5.41, 5.74) is 0.728. The van der Waals surface area contributed by atoms with Crippen LogP contribution in [0.1, 0.15) is 61.8 Å². The van der Waals surface area contributed by atoms with Gasteiger partial charge in [0.2, 0.25) is 0 Å². The molecular formula is C15H19F3O2. The summed E-state index contributed by atoms with van der Waals surface area (Å²) < 4.78 is 38.9. The number of carboxylic acid groups (broad SMARTS) is 1. The second-order valence-electron chi connectivity index (χ2n) is 5.51. The third-order valence-electron chi connectivity index (χ3n) is 3.22.